The van der Waals surface area contributed by atoms with E-state index in [0.29, 0.717) is 6.04 Å². The molecule has 2 rings (SSSR count). The predicted molar refractivity (Wildman–Crippen MR) is 86.9 cm³/mol. The molecule has 1 aliphatic heterocycles. The second-order valence-electron chi connectivity index (χ2n) is 6.67. The molecule has 1 aliphatic rings. The first-order valence-electron chi connectivity index (χ1n) is 8.22. The van der Waals surface area contributed by atoms with E-state index in [1.54, 1.807) is 12.1 Å². The van der Waals surface area contributed by atoms with Crippen molar-refractivity contribution in [3.05, 3.63) is 35.1 Å². The van der Waals surface area contributed by atoms with Gasteiger partial charge in [0, 0.05) is 31.2 Å². The fourth-order valence-electron chi connectivity index (χ4n) is 3.22. The number of hydrogen-bond donors (Lipinski definition) is 1. The molecule has 0 amide bonds. The van der Waals surface area contributed by atoms with Crippen LogP contribution in [0.15, 0.2) is 18.2 Å². The third-order valence-electron chi connectivity index (χ3n) is 5.04. The van der Waals surface area contributed by atoms with Crippen LogP contribution in [0.1, 0.15) is 51.2 Å². The van der Waals surface area contributed by atoms with Gasteiger partial charge < -0.3 is 5.32 Å². The van der Waals surface area contributed by atoms with Crippen molar-refractivity contribution < 1.29 is 4.39 Å². The van der Waals surface area contributed by atoms with E-state index >= 15 is 0 Å². The first-order valence-corrected chi connectivity index (χ1v) is 8.22. The number of rotatable bonds is 5. The molecule has 1 heterocycles. The second kappa shape index (κ2) is 6.89. The molecule has 0 spiro atoms. The quantitative estimate of drug-likeness (QED) is 0.886. The lowest BCUT2D eigenvalue weighted by atomic mass is 9.90. The highest BCUT2D eigenvalue weighted by atomic mass is 19.1. The summed E-state index contributed by atoms with van der Waals surface area (Å²) in [5.74, 6) is -0.140. The molecule has 21 heavy (non-hydrogen) atoms. The van der Waals surface area contributed by atoms with Gasteiger partial charge in [0.25, 0.3) is 0 Å². The Morgan fingerprint density at radius 1 is 1.38 bits per heavy atom. The van der Waals surface area contributed by atoms with Crippen LogP contribution in [0.3, 0.4) is 0 Å². The third kappa shape index (κ3) is 3.83. The second-order valence-corrected chi connectivity index (χ2v) is 6.67. The highest BCUT2D eigenvalue weighted by Crippen LogP contribution is 2.27. The van der Waals surface area contributed by atoms with Crippen LogP contribution < -0.4 is 5.32 Å². The zero-order valence-electron chi connectivity index (χ0n) is 13.9. The van der Waals surface area contributed by atoms with Crippen LogP contribution in [0.2, 0.25) is 0 Å². The molecule has 0 bridgehead atoms. The van der Waals surface area contributed by atoms with Crippen LogP contribution >= 0.6 is 0 Å². The van der Waals surface area contributed by atoms with Crippen molar-refractivity contribution in [2.24, 2.45) is 0 Å². The Hall–Kier alpha value is -0.930. The summed E-state index contributed by atoms with van der Waals surface area (Å²) in [6.45, 7) is 11.9. The Morgan fingerprint density at radius 2 is 2.14 bits per heavy atom. The maximum Gasteiger partial charge on any atom is 0.123 e. The van der Waals surface area contributed by atoms with Crippen LogP contribution in [-0.4, -0.2) is 29.6 Å². The molecular formula is C18H29FN2. The molecule has 1 aromatic carbocycles. The number of piperazine rings is 1. The summed E-state index contributed by atoms with van der Waals surface area (Å²) in [6.07, 6.45) is 3.56. The van der Waals surface area contributed by atoms with Crippen molar-refractivity contribution in [3.63, 3.8) is 0 Å². The van der Waals surface area contributed by atoms with Gasteiger partial charge in [0.2, 0.25) is 0 Å². The lowest BCUT2D eigenvalue weighted by Gasteiger charge is -2.48. The van der Waals surface area contributed by atoms with Gasteiger partial charge in [-0.15, -0.1) is 0 Å². The van der Waals surface area contributed by atoms with E-state index in [1.165, 1.54) is 18.4 Å². The minimum atomic E-state index is -0.140. The van der Waals surface area contributed by atoms with Gasteiger partial charge in [-0.3, -0.25) is 4.90 Å². The van der Waals surface area contributed by atoms with Crippen molar-refractivity contribution >= 4 is 0 Å². The Labute approximate surface area is 128 Å². The summed E-state index contributed by atoms with van der Waals surface area (Å²) in [5.41, 5.74) is 2.48. The van der Waals surface area contributed by atoms with Crippen molar-refractivity contribution in [2.45, 2.75) is 65.1 Å². The predicted octanol–water partition coefficient (Wildman–Crippen LogP) is 3.88. The molecule has 0 radical (unpaired) electrons. The van der Waals surface area contributed by atoms with Crippen LogP contribution in [0.4, 0.5) is 4.39 Å². The standard InChI is InChI=1S/C18H29FN2/c1-5-7-17-12-21(18(4,6-2)13-20-17)11-15-8-9-16(19)10-14(15)3/h8-10,17,20H,5-7,11-13H2,1-4H3. The smallest absolute Gasteiger partial charge is 0.123 e. The Bertz CT molecular complexity index is 474. The molecule has 2 unspecified atom stereocenters. The Balaban J connectivity index is 2.16. The van der Waals surface area contributed by atoms with Crippen LogP contribution in [0.25, 0.3) is 0 Å². The minimum Gasteiger partial charge on any atom is -0.311 e. The summed E-state index contributed by atoms with van der Waals surface area (Å²) >= 11 is 0. The van der Waals surface area contributed by atoms with E-state index in [9.17, 15) is 4.39 Å². The summed E-state index contributed by atoms with van der Waals surface area (Å²) in [5, 5.41) is 3.70. The zero-order chi connectivity index (χ0) is 15.5. The highest BCUT2D eigenvalue weighted by Gasteiger charge is 2.36. The molecule has 1 N–H and O–H groups in total. The highest BCUT2D eigenvalue weighted by molar-refractivity contribution is 5.26. The molecule has 1 aromatic rings. The van der Waals surface area contributed by atoms with E-state index in [-0.39, 0.29) is 11.4 Å². The zero-order valence-corrected chi connectivity index (χ0v) is 13.9. The topological polar surface area (TPSA) is 15.3 Å². The van der Waals surface area contributed by atoms with Gasteiger partial charge in [0.05, 0.1) is 0 Å². The minimum absolute atomic E-state index is 0.140. The van der Waals surface area contributed by atoms with Crippen LogP contribution in [0.5, 0.6) is 0 Å². The van der Waals surface area contributed by atoms with Crippen molar-refractivity contribution in [2.75, 3.05) is 13.1 Å². The first-order chi connectivity index (χ1) is 9.98. The summed E-state index contributed by atoms with van der Waals surface area (Å²) in [7, 11) is 0. The number of nitrogens with one attached hydrogen (secondary N) is 1. The molecule has 2 atom stereocenters. The molecule has 1 fully saturated rings. The molecule has 0 aliphatic carbocycles. The number of nitrogens with zero attached hydrogens (tertiary/aromatic N) is 1. The van der Waals surface area contributed by atoms with Gasteiger partial charge in [-0.05, 0) is 49.9 Å². The fourth-order valence-corrected chi connectivity index (χ4v) is 3.22. The molecule has 1 saturated heterocycles. The fraction of sp³-hybridized carbons (Fsp3) is 0.667. The summed E-state index contributed by atoms with van der Waals surface area (Å²) in [6, 6.07) is 5.75. The van der Waals surface area contributed by atoms with Gasteiger partial charge in [0.15, 0.2) is 0 Å². The van der Waals surface area contributed by atoms with Gasteiger partial charge in [-0.2, -0.15) is 0 Å². The van der Waals surface area contributed by atoms with Crippen molar-refractivity contribution in [3.8, 4) is 0 Å². The lowest BCUT2D eigenvalue weighted by Crippen LogP contribution is -2.62. The maximum absolute atomic E-state index is 13.3. The van der Waals surface area contributed by atoms with Gasteiger partial charge in [0.1, 0.15) is 5.82 Å². The van der Waals surface area contributed by atoms with Crippen LogP contribution in [-0.2, 0) is 6.54 Å². The number of aryl methyl sites for hydroxylation is 1. The average Bonchev–Trinajstić information content (AvgIpc) is 2.46. The Morgan fingerprint density at radius 3 is 2.76 bits per heavy atom. The first kappa shape index (κ1) is 16.4. The maximum atomic E-state index is 13.3. The molecule has 3 heteroatoms. The van der Waals surface area contributed by atoms with Crippen molar-refractivity contribution in [1.29, 1.82) is 0 Å². The van der Waals surface area contributed by atoms with E-state index < -0.39 is 0 Å². The molecule has 2 nitrogen and oxygen atoms in total. The largest absolute Gasteiger partial charge is 0.311 e. The summed E-state index contributed by atoms with van der Waals surface area (Å²) in [4.78, 5) is 2.59. The number of benzene rings is 1. The monoisotopic (exact) mass is 292 g/mol. The SMILES string of the molecule is CCCC1CN(Cc2ccc(F)cc2C)C(C)(CC)CN1. The van der Waals surface area contributed by atoms with Gasteiger partial charge >= 0.3 is 0 Å². The van der Waals surface area contributed by atoms with E-state index in [1.807, 2.05) is 13.0 Å². The molecule has 0 saturated carbocycles. The van der Waals surface area contributed by atoms with E-state index in [2.05, 4.69) is 31.0 Å². The number of hydrogen-bond acceptors (Lipinski definition) is 2. The van der Waals surface area contributed by atoms with Gasteiger partial charge in [-0.1, -0.05) is 26.3 Å². The van der Waals surface area contributed by atoms with E-state index in [0.717, 1.165) is 31.6 Å². The lowest BCUT2D eigenvalue weighted by molar-refractivity contribution is 0.0395. The Kier molecular flexibility index (Phi) is 5.39. The normalized spacial score (nSPS) is 27.0. The number of halogens is 1. The molecule has 0 aromatic heterocycles. The molecular weight excluding hydrogens is 263 g/mol. The summed E-state index contributed by atoms with van der Waals surface area (Å²) < 4.78 is 13.3. The van der Waals surface area contributed by atoms with Crippen molar-refractivity contribution in [1.82, 2.24) is 10.2 Å². The average molecular weight is 292 g/mol. The van der Waals surface area contributed by atoms with E-state index in [4.69, 9.17) is 0 Å². The van der Waals surface area contributed by atoms with Gasteiger partial charge in [-0.25, -0.2) is 4.39 Å². The van der Waals surface area contributed by atoms with Crippen LogP contribution in [0, 0.1) is 12.7 Å². The third-order valence-corrected chi connectivity index (χ3v) is 5.04. The molecule has 118 valence electrons.